The Morgan fingerprint density at radius 1 is 1.04 bits per heavy atom. The molecule has 0 radical (unpaired) electrons. The van der Waals surface area contributed by atoms with Crippen molar-refractivity contribution in [3.05, 3.63) is 59.7 Å². The summed E-state index contributed by atoms with van der Waals surface area (Å²) in [6.07, 6.45) is 8.95. The number of benzene rings is 1. The SMILES string of the molecule is CCOc1ccc([C@H]2CC[C@H](CCc3ccc(F)nc3)CC2)cc1. The molecule has 1 fully saturated rings. The van der Waals surface area contributed by atoms with Crippen LogP contribution in [0.2, 0.25) is 0 Å². The minimum absolute atomic E-state index is 0.394. The molecule has 0 aliphatic heterocycles. The van der Waals surface area contributed by atoms with Crippen molar-refractivity contribution in [1.29, 1.82) is 0 Å². The van der Waals surface area contributed by atoms with Gasteiger partial charge in [-0.3, -0.25) is 0 Å². The van der Waals surface area contributed by atoms with Crippen molar-refractivity contribution >= 4 is 0 Å². The lowest BCUT2D eigenvalue weighted by molar-refractivity contribution is 0.309. The zero-order valence-electron chi connectivity index (χ0n) is 14.4. The normalized spacial score (nSPS) is 20.8. The van der Waals surface area contributed by atoms with E-state index in [1.54, 1.807) is 6.20 Å². The molecule has 1 heterocycles. The van der Waals surface area contributed by atoms with E-state index in [1.807, 2.05) is 13.0 Å². The van der Waals surface area contributed by atoms with Crippen LogP contribution in [0.4, 0.5) is 4.39 Å². The minimum Gasteiger partial charge on any atom is -0.494 e. The first-order valence-corrected chi connectivity index (χ1v) is 9.07. The van der Waals surface area contributed by atoms with Gasteiger partial charge in [0.1, 0.15) is 5.75 Å². The first kappa shape index (κ1) is 16.9. The fourth-order valence-electron chi connectivity index (χ4n) is 3.71. The van der Waals surface area contributed by atoms with Gasteiger partial charge in [0.05, 0.1) is 6.61 Å². The topological polar surface area (TPSA) is 22.1 Å². The maximum atomic E-state index is 12.8. The molecule has 24 heavy (non-hydrogen) atoms. The number of ether oxygens (including phenoxy) is 1. The van der Waals surface area contributed by atoms with Crippen LogP contribution in [0.25, 0.3) is 0 Å². The Kier molecular flexibility index (Phi) is 5.84. The summed E-state index contributed by atoms with van der Waals surface area (Å²) in [6, 6.07) is 11.9. The van der Waals surface area contributed by atoms with Gasteiger partial charge in [-0.15, -0.1) is 0 Å². The predicted molar refractivity (Wildman–Crippen MR) is 94.8 cm³/mol. The van der Waals surface area contributed by atoms with Crippen LogP contribution in [0.1, 0.15) is 56.1 Å². The van der Waals surface area contributed by atoms with E-state index in [0.717, 1.165) is 23.7 Å². The lowest BCUT2D eigenvalue weighted by atomic mass is 9.77. The molecule has 0 unspecified atom stereocenters. The van der Waals surface area contributed by atoms with Gasteiger partial charge >= 0.3 is 0 Å². The molecule has 0 amide bonds. The van der Waals surface area contributed by atoms with Crippen molar-refractivity contribution in [2.24, 2.45) is 5.92 Å². The number of halogens is 1. The molecule has 0 saturated heterocycles. The molecule has 128 valence electrons. The van der Waals surface area contributed by atoms with E-state index in [1.165, 1.54) is 43.7 Å². The molecule has 3 heteroatoms. The highest BCUT2D eigenvalue weighted by molar-refractivity contribution is 5.29. The number of hydrogen-bond acceptors (Lipinski definition) is 2. The number of aromatic nitrogens is 1. The van der Waals surface area contributed by atoms with Crippen molar-refractivity contribution in [1.82, 2.24) is 4.98 Å². The van der Waals surface area contributed by atoms with E-state index in [9.17, 15) is 4.39 Å². The Balaban J connectivity index is 1.45. The number of nitrogens with zero attached hydrogens (tertiary/aromatic N) is 1. The maximum Gasteiger partial charge on any atom is 0.212 e. The summed E-state index contributed by atoms with van der Waals surface area (Å²) in [5.74, 6) is 2.04. The third-order valence-corrected chi connectivity index (χ3v) is 5.14. The van der Waals surface area contributed by atoms with E-state index < -0.39 is 5.95 Å². The minimum atomic E-state index is -0.394. The highest BCUT2D eigenvalue weighted by Gasteiger charge is 2.22. The number of rotatable bonds is 6. The zero-order chi connectivity index (χ0) is 16.8. The molecular formula is C21H26FNO. The van der Waals surface area contributed by atoms with E-state index in [4.69, 9.17) is 4.74 Å². The largest absolute Gasteiger partial charge is 0.494 e. The number of hydrogen-bond donors (Lipinski definition) is 0. The highest BCUT2D eigenvalue weighted by atomic mass is 19.1. The highest BCUT2D eigenvalue weighted by Crippen LogP contribution is 2.37. The summed E-state index contributed by atoms with van der Waals surface area (Å²) in [7, 11) is 0. The summed E-state index contributed by atoms with van der Waals surface area (Å²) in [5, 5.41) is 0. The van der Waals surface area contributed by atoms with Gasteiger partial charge in [0, 0.05) is 6.20 Å². The fraction of sp³-hybridized carbons (Fsp3) is 0.476. The molecule has 1 saturated carbocycles. The third kappa shape index (κ3) is 4.56. The van der Waals surface area contributed by atoms with Crippen LogP contribution in [0, 0.1) is 11.9 Å². The monoisotopic (exact) mass is 327 g/mol. The number of aryl methyl sites for hydroxylation is 1. The second kappa shape index (κ2) is 8.27. The summed E-state index contributed by atoms with van der Waals surface area (Å²) >= 11 is 0. The van der Waals surface area contributed by atoms with Gasteiger partial charge < -0.3 is 4.74 Å². The Hall–Kier alpha value is -1.90. The standard InChI is InChI=1S/C21H26FNO/c1-2-24-20-12-10-19(11-13-20)18-8-5-16(6-9-18)3-4-17-7-14-21(22)23-15-17/h7,10-16,18H,2-6,8-9H2,1H3/t16-,18-. The molecule has 0 N–H and O–H groups in total. The second-order valence-corrected chi connectivity index (χ2v) is 6.75. The van der Waals surface area contributed by atoms with Gasteiger partial charge in [-0.2, -0.15) is 4.39 Å². The third-order valence-electron chi connectivity index (χ3n) is 5.14. The average Bonchev–Trinajstić information content (AvgIpc) is 2.63. The van der Waals surface area contributed by atoms with Crippen molar-refractivity contribution in [3.8, 4) is 5.75 Å². The molecule has 2 aromatic rings. The Bertz CT molecular complexity index is 615. The smallest absolute Gasteiger partial charge is 0.212 e. The molecule has 1 aliphatic rings. The molecule has 0 atom stereocenters. The van der Waals surface area contributed by atoms with Crippen molar-refractivity contribution in [2.45, 2.75) is 51.4 Å². The van der Waals surface area contributed by atoms with Gasteiger partial charge in [0.25, 0.3) is 0 Å². The van der Waals surface area contributed by atoms with Crippen LogP contribution >= 0.6 is 0 Å². The molecule has 1 aliphatic carbocycles. The fourth-order valence-corrected chi connectivity index (χ4v) is 3.71. The van der Waals surface area contributed by atoms with E-state index in [-0.39, 0.29) is 0 Å². The van der Waals surface area contributed by atoms with Crippen LogP contribution in [-0.4, -0.2) is 11.6 Å². The van der Waals surface area contributed by atoms with E-state index >= 15 is 0 Å². The summed E-state index contributed by atoms with van der Waals surface area (Å²) < 4.78 is 18.4. The van der Waals surface area contributed by atoms with Crippen molar-refractivity contribution in [2.75, 3.05) is 6.61 Å². The molecule has 1 aromatic heterocycles. The van der Waals surface area contributed by atoms with Gasteiger partial charge in [-0.1, -0.05) is 18.2 Å². The van der Waals surface area contributed by atoms with Crippen LogP contribution < -0.4 is 4.74 Å². The molecule has 2 nitrogen and oxygen atoms in total. The van der Waals surface area contributed by atoms with Gasteiger partial charge in [0.15, 0.2) is 0 Å². The zero-order valence-corrected chi connectivity index (χ0v) is 14.4. The van der Waals surface area contributed by atoms with Gasteiger partial charge in [-0.25, -0.2) is 4.98 Å². The van der Waals surface area contributed by atoms with E-state index in [2.05, 4.69) is 29.2 Å². The number of pyridine rings is 1. The first-order chi connectivity index (χ1) is 11.7. The van der Waals surface area contributed by atoms with Crippen molar-refractivity contribution in [3.63, 3.8) is 0 Å². The molecule has 1 aromatic carbocycles. The lowest BCUT2D eigenvalue weighted by Gasteiger charge is -2.29. The van der Waals surface area contributed by atoms with Crippen LogP contribution in [-0.2, 0) is 6.42 Å². The first-order valence-electron chi connectivity index (χ1n) is 9.07. The Morgan fingerprint density at radius 2 is 1.79 bits per heavy atom. The van der Waals surface area contributed by atoms with Crippen molar-refractivity contribution < 1.29 is 9.13 Å². The average molecular weight is 327 g/mol. The Labute approximate surface area is 144 Å². The summed E-state index contributed by atoms with van der Waals surface area (Å²) in [5.41, 5.74) is 2.59. The van der Waals surface area contributed by atoms with Gasteiger partial charge in [0.2, 0.25) is 5.95 Å². The lowest BCUT2D eigenvalue weighted by Crippen LogP contribution is -2.14. The molecular weight excluding hydrogens is 301 g/mol. The van der Waals surface area contributed by atoms with Crippen LogP contribution in [0.3, 0.4) is 0 Å². The molecule has 0 spiro atoms. The quantitative estimate of drug-likeness (QED) is 0.651. The molecule has 0 bridgehead atoms. The van der Waals surface area contributed by atoms with Crippen LogP contribution in [0.5, 0.6) is 5.75 Å². The Morgan fingerprint density at radius 3 is 2.42 bits per heavy atom. The van der Waals surface area contributed by atoms with E-state index in [0.29, 0.717) is 12.5 Å². The second-order valence-electron chi connectivity index (χ2n) is 6.75. The summed E-state index contributed by atoms with van der Waals surface area (Å²) in [6.45, 7) is 2.73. The predicted octanol–water partition coefficient (Wildman–Crippen LogP) is 5.53. The summed E-state index contributed by atoms with van der Waals surface area (Å²) in [4.78, 5) is 3.74. The molecule has 3 rings (SSSR count). The van der Waals surface area contributed by atoms with Gasteiger partial charge in [-0.05, 0) is 86.6 Å². The van der Waals surface area contributed by atoms with Crippen LogP contribution in [0.15, 0.2) is 42.6 Å². The maximum absolute atomic E-state index is 12.8.